The Hall–Kier alpha value is -1.49. The summed E-state index contributed by atoms with van der Waals surface area (Å²) in [5.74, 6) is 0.841. The molecular weight excluding hydrogens is 174 g/mol. The third kappa shape index (κ3) is 2.26. The first-order valence-electron chi connectivity index (χ1n) is 4.61. The zero-order chi connectivity index (χ0) is 10.6. The molecule has 0 aromatic heterocycles. The second-order valence-electron chi connectivity index (χ2n) is 3.95. The van der Waals surface area contributed by atoms with Gasteiger partial charge in [-0.15, -0.1) is 0 Å². The van der Waals surface area contributed by atoms with E-state index in [4.69, 9.17) is 10.00 Å². The molecule has 0 spiro atoms. The van der Waals surface area contributed by atoms with Crippen molar-refractivity contribution in [3.63, 3.8) is 0 Å². The highest BCUT2D eigenvalue weighted by atomic mass is 16.5. The Morgan fingerprint density at radius 3 is 2.71 bits per heavy atom. The lowest BCUT2D eigenvalue weighted by molar-refractivity contribution is 0.412. The third-order valence-electron chi connectivity index (χ3n) is 2.37. The van der Waals surface area contributed by atoms with Crippen molar-refractivity contribution in [3.05, 3.63) is 29.8 Å². The highest BCUT2D eigenvalue weighted by Gasteiger charge is 2.20. The fourth-order valence-electron chi connectivity index (χ4n) is 1.34. The molecule has 0 aliphatic carbocycles. The van der Waals surface area contributed by atoms with Gasteiger partial charge in [0.2, 0.25) is 0 Å². The molecule has 0 unspecified atom stereocenters. The molecule has 74 valence electrons. The smallest absolute Gasteiger partial charge is 0.119 e. The third-order valence-corrected chi connectivity index (χ3v) is 2.37. The summed E-state index contributed by atoms with van der Waals surface area (Å²) in [6.45, 7) is 4.12. The van der Waals surface area contributed by atoms with Crippen molar-refractivity contribution in [1.29, 1.82) is 5.26 Å². The van der Waals surface area contributed by atoms with Crippen LogP contribution in [-0.4, -0.2) is 7.11 Å². The van der Waals surface area contributed by atoms with Gasteiger partial charge in [-0.2, -0.15) is 5.26 Å². The summed E-state index contributed by atoms with van der Waals surface area (Å²) in [7, 11) is 1.65. The van der Waals surface area contributed by atoms with Crippen LogP contribution in [0.3, 0.4) is 0 Å². The van der Waals surface area contributed by atoms with Gasteiger partial charge < -0.3 is 4.74 Å². The summed E-state index contributed by atoms with van der Waals surface area (Å²) in [5.41, 5.74) is 1.03. The fraction of sp³-hybridized carbons (Fsp3) is 0.417. The normalized spacial score (nSPS) is 10.7. The number of hydrogen-bond acceptors (Lipinski definition) is 2. The van der Waals surface area contributed by atoms with Crippen molar-refractivity contribution < 1.29 is 4.74 Å². The van der Waals surface area contributed by atoms with E-state index in [1.807, 2.05) is 24.3 Å². The van der Waals surface area contributed by atoms with Crippen LogP contribution >= 0.6 is 0 Å². The predicted molar refractivity (Wildman–Crippen MR) is 56.3 cm³/mol. The van der Waals surface area contributed by atoms with E-state index in [9.17, 15) is 0 Å². The lowest BCUT2D eigenvalue weighted by Crippen LogP contribution is -2.15. The first-order valence-corrected chi connectivity index (χ1v) is 4.61. The Bertz CT molecular complexity index is 350. The summed E-state index contributed by atoms with van der Waals surface area (Å²) < 4.78 is 5.15. The second kappa shape index (κ2) is 4.15. The topological polar surface area (TPSA) is 33.0 Å². The van der Waals surface area contributed by atoms with Crippen LogP contribution in [0.5, 0.6) is 5.75 Å². The SMILES string of the molecule is COc1cccc(C(C)(C)CC#N)c1. The van der Waals surface area contributed by atoms with Gasteiger partial charge in [0.15, 0.2) is 0 Å². The lowest BCUT2D eigenvalue weighted by atomic mass is 9.82. The van der Waals surface area contributed by atoms with Crippen LogP contribution in [-0.2, 0) is 5.41 Å². The summed E-state index contributed by atoms with van der Waals surface area (Å²) >= 11 is 0. The Morgan fingerprint density at radius 2 is 2.14 bits per heavy atom. The molecule has 0 atom stereocenters. The zero-order valence-electron chi connectivity index (χ0n) is 8.87. The molecule has 0 radical (unpaired) electrons. The van der Waals surface area contributed by atoms with Gasteiger partial charge in [-0.05, 0) is 17.7 Å². The average molecular weight is 189 g/mol. The van der Waals surface area contributed by atoms with Crippen molar-refractivity contribution in [2.75, 3.05) is 7.11 Å². The molecule has 2 nitrogen and oxygen atoms in total. The van der Waals surface area contributed by atoms with Crippen LogP contribution in [0.4, 0.5) is 0 Å². The number of nitrogens with zero attached hydrogens (tertiary/aromatic N) is 1. The molecule has 1 rings (SSSR count). The van der Waals surface area contributed by atoms with Gasteiger partial charge in [0, 0.05) is 11.8 Å². The van der Waals surface area contributed by atoms with Crippen LogP contribution in [0.1, 0.15) is 25.8 Å². The van der Waals surface area contributed by atoms with Crippen LogP contribution in [0.15, 0.2) is 24.3 Å². The van der Waals surface area contributed by atoms with Gasteiger partial charge in [-0.1, -0.05) is 26.0 Å². The van der Waals surface area contributed by atoms with E-state index in [0.717, 1.165) is 11.3 Å². The summed E-state index contributed by atoms with van der Waals surface area (Å²) in [4.78, 5) is 0. The van der Waals surface area contributed by atoms with E-state index in [-0.39, 0.29) is 5.41 Å². The monoisotopic (exact) mass is 189 g/mol. The summed E-state index contributed by atoms with van der Waals surface area (Å²) in [6.07, 6.45) is 0.514. The quantitative estimate of drug-likeness (QED) is 0.732. The molecule has 14 heavy (non-hydrogen) atoms. The molecule has 0 saturated heterocycles. The van der Waals surface area contributed by atoms with E-state index in [0.29, 0.717) is 6.42 Å². The zero-order valence-corrected chi connectivity index (χ0v) is 8.87. The van der Waals surface area contributed by atoms with Gasteiger partial charge in [0.05, 0.1) is 13.2 Å². The van der Waals surface area contributed by atoms with Gasteiger partial charge in [-0.25, -0.2) is 0 Å². The highest BCUT2D eigenvalue weighted by Crippen LogP contribution is 2.28. The predicted octanol–water partition coefficient (Wildman–Crippen LogP) is 2.89. The van der Waals surface area contributed by atoms with Gasteiger partial charge in [-0.3, -0.25) is 0 Å². The average Bonchev–Trinajstić information content (AvgIpc) is 2.18. The summed E-state index contributed by atoms with van der Waals surface area (Å²) in [5, 5.41) is 8.71. The van der Waals surface area contributed by atoms with Crippen molar-refractivity contribution in [2.45, 2.75) is 25.7 Å². The number of ether oxygens (including phenoxy) is 1. The first kappa shape index (κ1) is 10.6. The van der Waals surface area contributed by atoms with Crippen LogP contribution < -0.4 is 4.74 Å². The van der Waals surface area contributed by atoms with Crippen LogP contribution in [0, 0.1) is 11.3 Å². The lowest BCUT2D eigenvalue weighted by Gasteiger charge is -2.22. The Balaban J connectivity index is 3.01. The Morgan fingerprint density at radius 1 is 1.43 bits per heavy atom. The van der Waals surface area contributed by atoms with E-state index in [2.05, 4.69) is 19.9 Å². The number of rotatable bonds is 3. The minimum atomic E-state index is -0.108. The molecule has 0 fully saturated rings. The van der Waals surface area contributed by atoms with Gasteiger partial charge in [0.25, 0.3) is 0 Å². The van der Waals surface area contributed by atoms with E-state index in [1.165, 1.54) is 0 Å². The van der Waals surface area contributed by atoms with Crippen molar-refractivity contribution in [2.24, 2.45) is 0 Å². The van der Waals surface area contributed by atoms with E-state index >= 15 is 0 Å². The maximum Gasteiger partial charge on any atom is 0.119 e. The Kier molecular flexibility index (Phi) is 3.14. The number of nitriles is 1. The highest BCUT2D eigenvalue weighted by molar-refractivity contribution is 5.33. The van der Waals surface area contributed by atoms with Crippen LogP contribution in [0.25, 0.3) is 0 Å². The van der Waals surface area contributed by atoms with Crippen molar-refractivity contribution in [3.8, 4) is 11.8 Å². The molecule has 0 amide bonds. The van der Waals surface area contributed by atoms with Gasteiger partial charge >= 0.3 is 0 Å². The molecule has 0 heterocycles. The molecule has 0 bridgehead atoms. The molecule has 0 N–H and O–H groups in total. The molecule has 1 aromatic rings. The number of hydrogen-bond donors (Lipinski definition) is 0. The minimum Gasteiger partial charge on any atom is -0.497 e. The molecule has 0 aliphatic rings. The fourth-order valence-corrected chi connectivity index (χ4v) is 1.34. The molecule has 0 saturated carbocycles. The molecule has 2 heteroatoms. The second-order valence-corrected chi connectivity index (χ2v) is 3.95. The van der Waals surface area contributed by atoms with Crippen molar-refractivity contribution in [1.82, 2.24) is 0 Å². The Labute approximate surface area is 85.1 Å². The maximum absolute atomic E-state index is 8.71. The first-order chi connectivity index (χ1) is 6.60. The van der Waals surface area contributed by atoms with E-state index < -0.39 is 0 Å². The molecule has 1 aromatic carbocycles. The molecule has 0 aliphatic heterocycles. The number of benzene rings is 1. The van der Waals surface area contributed by atoms with E-state index in [1.54, 1.807) is 7.11 Å². The van der Waals surface area contributed by atoms with Gasteiger partial charge in [0.1, 0.15) is 5.75 Å². The largest absolute Gasteiger partial charge is 0.497 e. The maximum atomic E-state index is 8.71. The summed E-state index contributed by atoms with van der Waals surface area (Å²) in [6, 6.07) is 10.1. The van der Waals surface area contributed by atoms with Crippen LogP contribution in [0.2, 0.25) is 0 Å². The standard InChI is InChI=1S/C12H15NO/c1-12(2,7-8-13)10-5-4-6-11(9-10)14-3/h4-6,9H,7H2,1-3H3. The number of methoxy groups -OCH3 is 1. The minimum absolute atomic E-state index is 0.108. The van der Waals surface area contributed by atoms with Crippen molar-refractivity contribution >= 4 is 0 Å². The molecular formula is C12H15NO.